The van der Waals surface area contributed by atoms with Gasteiger partial charge in [0, 0.05) is 11.4 Å². The van der Waals surface area contributed by atoms with Crippen molar-refractivity contribution >= 4 is 28.8 Å². The average molecular weight is 288 g/mol. The van der Waals surface area contributed by atoms with Crippen molar-refractivity contribution in [2.24, 2.45) is 0 Å². The highest BCUT2D eigenvalue weighted by molar-refractivity contribution is 7.99. The predicted molar refractivity (Wildman–Crippen MR) is 84.1 cm³/mol. The molecule has 0 aliphatic carbocycles. The van der Waals surface area contributed by atoms with Crippen molar-refractivity contribution in [1.29, 1.82) is 5.26 Å². The molecule has 98 valence electrons. The first-order valence-electron chi connectivity index (χ1n) is 6.26. The molecule has 1 aromatic carbocycles. The minimum absolute atomic E-state index is 0.764. The number of benzene rings is 1. The molecule has 0 fully saturated rings. The number of anilines is 1. The van der Waals surface area contributed by atoms with E-state index in [1.807, 2.05) is 18.2 Å². The zero-order valence-corrected chi connectivity index (χ0v) is 12.5. The predicted octanol–water partition coefficient (Wildman–Crippen LogP) is 4.39. The zero-order valence-electron chi connectivity index (χ0n) is 10.8. The Hall–Kier alpha value is -1.44. The van der Waals surface area contributed by atoms with E-state index in [1.54, 1.807) is 23.1 Å². The second-order valence-electron chi connectivity index (χ2n) is 4.03. The summed E-state index contributed by atoms with van der Waals surface area (Å²) >= 11 is 3.43. The maximum Gasteiger partial charge on any atom is 0.102 e. The maximum absolute atomic E-state index is 9.31. The molecular weight excluding hydrogens is 272 g/mol. The second-order valence-corrected chi connectivity index (χ2v) is 6.12. The summed E-state index contributed by atoms with van der Waals surface area (Å²) in [5.41, 5.74) is 3.05. The molecule has 1 heterocycles. The number of hydrogen-bond acceptors (Lipinski definition) is 4. The van der Waals surface area contributed by atoms with Crippen molar-refractivity contribution in [2.75, 3.05) is 17.6 Å². The van der Waals surface area contributed by atoms with Gasteiger partial charge in [-0.15, -0.1) is 11.8 Å². The lowest BCUT2D eigenvalue weighted by molar-refractivity contribution is 1.02. The Kier molecular flexibility index (Phi) is 5.31. The molecule has 2 aromatic rings. The molecule has 0 saturated carbocycles. The molecule has 0 saturated heterocycles. The molecule has 0 unspecified atom stereocenters. The number of thioether (sulfide) groups is 1. The van der Waals surface area contributed by atoms with Crippen LogP contribution in [-0.2, 0) is 6.42 Å². The Morgan fingerprint density at radius 3 is 2.95 bits per heavy atom. The third kappa shape index (κ3) is 3.76. The lowest BCUT2D eigenvalue weighted by atomic mass is 10.2. The highest BCUT2D eigenvalue weighted by atomic mass is 32.2. The van der Waals surface area contributed by atoms with Crippen molar-refractivity contribution in [3.8, 4) is 6.07 Å². The molecule has 1 aromatic heterocycles. The number of nitrogens with one attached hydrogen (secondary N) is 1. The molecule has 0 bridgehead atoms. The van der Waals surface area contributed by atoms with Crippen LogP contribution in [0.4, 0.5) is 5.69 Å². The minimum atomic E-state index is 0.764. The maximum atomic E-state index is 9.31. The molecule has 0 radical (unpaired) electrons. The van der Waals surface area contributed by atoms with Crippen molar-refractivity contribution in [2.45, 2.75) is 18.2 Å². The van der Waals surface area contributed by atoms with E-state index in [1.165, 1.54) is 5.56 Å². The molecule has 0 amide bonds. The lowest BCUT2D eigenvalue weighted by Crippen LogP contribution is -2.06. The first-order valence-corrected chi connectivity index (χ1v) is 8.19. The van der Waals surface area contributed by atoms with Crippen LogP contribution in [0.2, 0.25) is 0 Å². The van der Waals surface area contributed by atoms with Crippen molar-refractivity contribution in [1.82, 2.24) is 0 Å². The van der Waals surface area contributed by atoms with Crippen molar-refractivity contribution in [3.05, 3.63) is 46.2 Å². The first kappa shape index (κ1) is 14.0. The number of nitriles is 1. The van der Waals surface area contributed by atoms with Crippen LogP contribution in [0.15, 0.2) is 39.9 Å². The lowest BCUT2D eigenvalue weighted by Gasteiger charge is -2.10. The van der Waals surface area contributed by atoms with Crippen molar-refractivity contribution in [3.63, 3.8) is 0 Å². The normalized spacial score (nSPS) is 10.1. The summed E-state index contributed by atoms with van der Waals surface area (Å²) in [6.45, 7) is 2.95. The molecule has 19 heavy (non-hydrogen) atoms. The molecule has 2 rings (SSSR count). The Balaban J connectivity index is 2.03. The average Bonchev–Trinajstić information content (AvgIpc) is 2.93. The van der Waals surface area contributed by atoms with Gasteiger partial charge in [-0.05, 0) is 46.7 Å². The molecule has 0 spiro atoms. The summed E-state index contributed by atoms with van der Waals surface area (Å²) in [5.74, 6) is 0.979. The number of rotatable bonds is 6. The standard InChI is InChI=1S/C15H16N2S2/c1-2-19-15-5-3-4-14(13(15)10-16)17-8-6-12-7-9-18-11-12/h3-5,7,9,11,17H,2,6,8H2,1H3. The largest absolute Gasteiger partial charge is 0.384 e. The topological polar surface area (TPSA) is 35.8 Å². The van der Waals surface area contributed by atoms with Crippen LogP contribution < -0.4 is 5.32 Å². The van der Waals surface area contributed by atoms with Crippen LogP contribution in [0.5, 0.6) is 0 Å². The first-order chi connectivity index (χ1) is 9.35. The molecular formula is C15H16N2S2. The van der Waals surface area contributed by atoms with E-state index < -0.39 is 0 Å². The number of hydrogen-bond donors (Lipinski definition) is 1. The molecule has 0 aliphatic rings. The van der Waals surface area contributed by atoms with Gasteiger partial charge in [-0.1, -0.05) is 13.0 Å². The van der Waals surface area contributed by atoms with Crippen LogP contribution in [0.25, 0.3) is 0 Å². The quantitative estimate of drug-likeness (QED) is 0.801. The highest BCUT2D eigenvalue weighted by Crippen LogP contribution is 2.27. The number of nitrogens with zero attached hydrogens (tertiary/aromatic N) is 1. The van der Waals surface area contributed by atoms with Gasteiger partial charge in [0.1, 0.15) is 6.07 Å². The van der Waals surface area contributed by atoms with E-state index in [-0.39, 0.29) is 0 Å². The van der Waals surface area contributed by atoms with E-state index >= 15 is 0 Å². The van der Waals surface area contributed by atoms with Crippen LogP contribution in [-0.4, -0.2) is 12.3 Å². The van der Waals surface area contributed by atoms with Gasteiger partial charge in [-0.25, -0.2) is 0 Å². The molecule has 1 N–H and O–H groups in total. The summed E-state index contributed by atoms with van der Waals surface area (Å²) in [7, 11) is 0. The Labute approximate surface area is 122 Å². The Bertz CT molecular complexity index is 556. The number of thiophene rings is 1. The fourth-order valence-corrected chi connectivity index (χ4v) is 3.33. The third-order valence-electron chi connectivity index (χ3n) is 2.75. The molecule has 0 atom stereocenters. The van der Waals surface area contributed by atoms with Gasteiger partial charge >= 0.3 is 0 Å². The van der Waals surface area contributed by atoms with E-state index in [4.69, 9.17) is 0 Å². The second kappa shape index (κ2) is 7.22. The van der Waals surface area contributed by atoms with Gasteiger partial charge in [0.2, 0.25) is 0 Å². The Morgan fingerprint density at radius 1 is 1.37 bits per heavy atom. The summed E-state index contributed by atoms with van der Waals surface area (Å²) < 4.78 is 0. The van der Waals surface area contributed by atoms with Gasteiger partial charge < -0.3 is 5.32 Å². The third-order valence-corrected chi connectivity index (χ3v) is 4.42. The fraction of sp³-hybridized carbons (Fsp3) is 0.267. The van der Waals surface area contributed by atoms with Gasteiger partial charge in [0.15, 0.2) is 0 Å². The van der Waals surface area contributed by atoms with Crippen molar-refractivity contribution < 1.29 is 0 Å². The monoisotopic (exact) mass is 288 g/mol. The Morgan fingerprint density at radius 2 is 2.26 bits per heavy atom. The minimum Gasteiger partial charge on any atom is -0.384 e. The van der Waals surface area contributed by atoms with E-state index in [0.717, 1.165) is 34.9 Å². The van der Waals surface area contributed by atoms with Gasteiger partial charge in [0.05, 0.1) is 11.3 Å². The van der Waals surface area contributed by atoms with Crippen LogP contribution in [0.3, 0.4) is 0 Å². The summed E-state index contributed by atoms with van der Waals surface area (Å²) in [4.78, 5) is 1.06. The zero-order chi connectivity index (χ0) is 13.5. The van der Waals surface area contributed by atoms with Gasteiger partial charge in [0.25, 0.3) is 0 Å². The van der Waals surface area contributed by atoms with Crippen LogP contribution >= 0.6 is 23.1 Å². The highest BCUT2D eigenvalue weighted by Gasteiger charge is 2.07. The molecule has 4 heteroatoms. The van der Waals surface area contributed by atoms with E-state index in [9.17, 15) is 5.26 Å². The molecule has 0 aliphatic heterocycles. The molecule has 2 nitrogen and oxygen atoms in total. The van der Waals surface area contributed by atoms with Gasteiger partial charge in [-0.3, -0.25) is 0 Å². The van der Waals surface area contributed by atoms with Crippen LogP contribution in [0, 0.1) is 11.3 Å². The van der Waals surface area contributed by atoms with E-state index in [0.29, 0.717) is 0 Å². The summed E-state index contributed by atoms with van der Waals surface area (Å²) in [6.07, 6.45) is 0.986. The summed E-state index contributed by atoms with van der Waals surface area (Å²) in [5, 5.41) is 16.9. The summed E-state index contributed by atoms with van der Waals surface area (Å²) in [6, 6.07) is 10.4. The van der Waals surface area contributed by atoms with Gasteiger partial charge in [-0.2, -0.15) is 16.6 Å². The van der Waals surface area contributed by atoms with E-state index in [2.05, 4.69) is 35.1 Å². The van der Waals surface area contributed by atoms with Crippen LogP contribution in [0.1, 0.15) is 18.1 Å². The fourth-order valence-electron chi connectivity index (χ4n) is 1.85. The smallest absolute Gasteiger partial charge is 0.102 e. The SMILES string of the molecule is CCSc1cccc(NCCc2ccsc2)c1C#N.